The van der Waals surface area contributed by atoms with Crippen LogP contribution in [0.15, 0.2) is 35.1 Å². The molecule has 2 rings (SSSR count). The van der Waals surface area contributed by atoms with Gasteiger partial charge in [-0.2, -0.15) is 0 Å². The third-order valence-electron chi connectivity index (χ3n) is 2.09. The standard InChI is InChI=1S/C10H11N3O/c11-9-4-2-1-3-7(9)5-8-6-10(14)13-12-8/h1-4,6H,5,11H2,(H2,12,13,14). The highest BCUT2D eigenvalue weighted by Gasteiger charge is 2.01. The summed E-state index contributed by atoms with van der Waals surface area (Å²) in [5.41, 5.74) is 8.26. The number of rotatable bonds is 2. The number of aromatic nitrogens is 2. The summed E-state index contributed by atoms with van der Waals surface area (Å²) in [6, 6.07) is 9.14. The summed E-state index contributed by atoms with van der Waals surface area (Å²) in [5, 5.41) is 5.28. The summed E-state index contributed by atoms with van der Waals surface area (Å²) >= 11 is 0. The van der Waals surface area contributed by atoms with Crippen molar-refractivity contribution in [2.75, 3.05) is 5.73 Å². The monoisotopic (exact) mass is 189 g/mol. The molecule has 0 unspecified atom stereocenters. The Bertz CT molecular complexity index is 484. The largest absolute Gasteiger partial charge is 0.398 e. The van der Waals surface area contributed by atoms with Crippen molar-refractivity contribution in [3.05, 3.63) is 51.9 Å². The summed E-state index contributed by atoms with van der Waals surface area (Å²) in [4.78, 5) is 10.8. The van der Waals surface area contributed by atoms with Gasteiger partial charge in [0.15, 0.2) is 0 Å². The maximum Gasteiger partial charge on any atom is 0.264 e. The minimum Gasteiger partial charge on any atom is -0.398 e. The summed E-state index contributed by atoms with van der Waals surface area (Å²) < 4.78 is 0. The van der Waals surface area contributed by atoms with Gasteiger partial charge >= 0.3 is 0 Å². The fraction of sp³-hybridized carbons (Fsp3) is 0.100. The molecule has 0 aliphatic heterocycles. The summed E-state index contributed by atoms with van der Waals surface area (Å²) in [6.07, 6.45) is 0.644. The number of hydrogen-bond donors (Lipinski definition) is 3. The van der Waals surface area contributed by atoms with Crippen LogP contribution in [0.4, 0.5) is 5.69 Å². The molecule has 0 saturated heterocycles. The van der Waals surface area contributed by atoms with E-state index >= 15 is 0 Å². The fourth-order valence-electron chi connectivity index (χ4n) is 1.37. The first-order valence-electron chi connectivity index (χ1n) is 4.35. The van der Waals surface area contributed by atoms with Crippen molar-refractivity contribution in [1.82, 2.24) is 10.2 Å². The highest BCUT2D eigenvalue weighted by molar-refractivity contribution is 5.47. The van der Waals surface area contributed by atoms with E-state index in [9.17, 15) is 4.79 Å². The molecule has 72 valence electrons. The highest BCUT2D eigenvalue weighted by atomic mass is 16.1. The quantitative estimate of drug-likeness (QED) is 0.613. The van der Waals surface area contributed by atoms with Crippen molar-refractivity contribution < 1.29 is 0 Å². The van der Waals surface area contributed by atoms with E-state index in [1.165, 1.54) is 6.07 Å². The third kappa shape index (κ3) is 1.69. The van der Waals surface area contributed by atoms with E-state index in [2.05, 4.69) is 10.2 Å². The molecule has 0 aliphatic carbocycles. The Morgan fingerprint density at radius 1 is 1.21 bits per heavy atom. The van der Waals surface area contributed by atoms with Crippen LogP contribution in [-0.2, 0) is 6.42 Å². The van der Waals surface area contributed by atoms with Gasteiger partial charge in [0.1, 0.15) is 0 Å². The first-order valence-corrected chi connectivity index (χ1v) is 4.35. The van der Waals surface area contributed by atoms with Crippen LogP contribution in [0, 0.1) is 0 Å². The van der Waals surface area contributed by atoms with E-state index in [0.717, 1.165) is 16.9 Å². The van der Waals surface area contributed by atoms with Gasteiger partial charge in [-0.25, -0.2) is 0 Å². The maximum atomic E-state index is 10.8. The molecule has 0 atom stereocenters. The molecule has 1 aromatic carbocycles. The highest BCUT2D eigenvalue weighted by Crippen LogP contribution is 2.13. The Kier molecular flexibility index (Phi) is 2.10. The minimum absolute atomic E-state index is 0.116. The number of hydrogen-bond acceptors (Lipinski definition) is 2. The molecular formula is C10H11N3O. The van der Waals surface area contributed by atoms with Crippen LogP contribution in [0.1, 0.15) is 11.3 Å². The van der Waals surface area contributed by atoms with Gasteiger partial charge in [0.25, 0.3) is 5.56 Å². The van der Waals surface area contributed by atoms with Crippen molar-refractivity contribution >= 4 is 5.69 Å². The number of anilines is 1. The average Bonchev–Trinajstić information content (AvgIpc) is 2.56. The minimum atomic E-state index is -0.116. The maximum absolute atomic E-state index is 10.8. The topological polar surface area (TPSA) is 74.7 Å². The van der Waals surface area contributed by atoms with Crippen LogP contribution in [0.5, 0.6) is 0 Å². The number of benzene rings is 1. The van der Waals surface area contributed by atoms with Crippen molar-refractivity contribution in [2.45, 2.75) is 6.42 Å². The van der Waals surface area contributed by atoms with Crippen LogP contribution < -0.4 is 11.3 Å². The van der Waals surface area contributed by atoms with Gasteiger partial charge in [0.2, 0.25) is 0 Å². The van der Waals surface area contributed by atoms with Gasteiger partial charge in [0, 0.05) is 23.9 Å². The molecule has 14 heavy (non-hydrogen) atoms. The van der Waals surface area contributed by atoms with E-state index in [4.69, 9.17) is 5.73 Å². The lowest BCUT2D eigenvalue weighted by atomic mass is 10.1. The molecule has 0 aliphatic rings. The number of aromatic amines is 2. The average molecular weight is 189 g/mol. The predicted octanol–water partition coefficient (Wildman–Crippen LogP) is 0.876. The Morgan fingerprint density at radius 3 is 2.64 bits per heavy atom. The van der Waals surface area contributed by atoms with E-state index in [0.29, 0.717) is 6.42 Å². The Balaban J connectivity index is 2.27. The zero-order valence-corrected chi connectivity index (χ0v) is 7.58. The molecule has 0 radical (unpaired) electrons. The number of nitrogens with one attached hydrogen (secondary N) is 2. The molecule has 4 heteroatoms. The Labute approximate surface area is 80.8 Å². The number of nitrogens with two attached hydrogens (primary N) is 1. The third-order valence-corrected chi connectivity index (χ3v) is 2.09. The van der Waals surface area contributed by atoms with Crippen LogP contribution >= 0.6 is 0 Å². The van der Waals surface area contributed by atoms with Gasteiger partial charge in [-0.15, -0.1) is 0 Å². The summed E-state index contributed by atoms with van der Waals surface area (Å²) in [6.45, 7) is 0. The summed E-state index contributed by atoms with van der Waals surface area (Å²) in [5.74, 6) is 0. The number of nitrogen functional groups attached to an aromatic ring is 1. The van der Waals surface area contributed by atoms with E-state index in [1.807, 2.05) is 24.3 Å². The second-order valence-electron chi connectivity index (χ2n) is 3.16. The SMILES string of the molecule is Nc1ccccc1Cc1cc(=O)[nH][nH]1. The normalized spacial score (nSPS) is 10.3. The molecule has 0 bridgehead atoms. The van der Waals surface area contributed by atoms with Crippen molar-refractivity contribution in [3.63, 3.8) is 0 Å². The first-order chi connectivity index (χ1) is 6.75. The molecule has 0 spiro atoms. The zero-order chi connectivity index (χ0) is 9.97. The van der Waals surface area contributed by atoms with Gasteiger partial charge in [-0.3, -0.25) is 9.89 Å². The first kappa shape index (κ1) is 8.62. The molecule has 0 fully saturated rings. The smallest absolute Gasteiger partial charge is 0.264 e. The molecular weight excluding hydrogens is 178 g/mol. The second-order valence-corrected chi connectivity index (χ2v) is 3.16. The van der Waals surface area contributed by atoms with Crippen molar-refractivity contribution in [1.29, 1.82) is 0 Å². The fourth-order valence-corrected chi connectivity index (χ4v) is 1.37. The predicted molar refractivity (Wildman–Crippen MR) is 55.1 cm³/mol. The second kappa shape index (κ2) is 3.41. The lowest BCUT2D eigenvalue weighted by Gasteiger charge is -2.02. The zero-order valence-electron chi connectivity index (χ0n) is 7.58. The Morgan fingerprint density at radius 2 is 2.00 bits per heavy atom. The molecule has 2 aromatic rings. The molecule has 4 nitrogen and oxygen atoms in total. The van der Waals surface area contributed by atoms with Gasteiger partial charge in [0.05, 0.1) is 0 Å². The molecule has 0 amide bonds. The van der Waals surface area contributed by atoms with Crippen LogP contribution in [0.2, 0.25) is 0 Å². The number of para-hydroxylation sites is 1. The van der Waals surface area contributed by atoms with Gasteiger partial charge in [-0.05, 0) is 11.6 Å². The van der Waals surface area contributed by atoms with Crippen molar-refractivity contribution in [2.24, 2.45) is 0 Å². The van der Waals surface area contributed by atoms with Crippen molar-refractivity contribution in [3.8, 4) is 0 Å². The molecule has 1 heterocycles. The van der Waals surface area contributed by atoms with Crippen LogP contribution in [0.3, 0.4) is 0 Å². The van der Waals surface area contributed by atoms with Crippen LogP contribution in [0.25, 0.3) is 0 Å². The van der Waals surface area contributed by atoms with E-state index < -0.39 is 0 Å². The van der Waals surface area contributed by atoms with Gasteiger partial charge in [-0.1, -0.05) is 18.2 Å². The summed E-state index contributed by atoms with van der Waals surface area (Å²) in [7, 11) is 0. The molecule has 4 N–H and O–H groups in total. The number of H-pyrrole nitrogens is 2. The van der Waals surface area contributed by atoms with Crippen LogP contribution in [-0.4, -0.2) is 10.2 Å². The van der Waals surface area contributed by atoms with E-state index in [1.54, 1.807) is 0 Å². The van der Waals surface area contributed by atoms with E-state index in [-0.39, 0.29) is 5.56 Å². The lowest BCUT2D eigenvalue weighted by Crippen LogP contribution is -1.95. The molecule has 1 aromatic heterocycles. The Hall–Kier alpha value is -1.97. The van der Waals surface area contributed by atoms with Gasteiger partial charge < -0.3 is 10.8 Å². The molecule has 0 saturated carbocycles. The lowest BCUT2D eigenvalue weighted by molar-refractivity contribution is 0.984.